The number of halogens is 1. The van der Waals surface area contributed by atoms with Crippen molar-refractivity contribution in [1.82, 2.24) is 0 Å². The number of nitrogens with one attached hydrogen (secondary N) is 1. The van der Waals surface area contributed by atoms with Crippen molar-refractivity contribution >= 4 is 27.1 Å². The summed E-state index contributed by atoms with van der Waals surface area (Å²) in [6.45, 7) is 3.16. The van der Waals surface area contributed by atoms with Gasteiger partial charge in [-0.1, -0.05) is 31.4 Å². The van der Waals surface area contributed by atoms with Crippen molar-refractivity contribution in [3.05, 3.63) is 23.2 Å². The lowest BCUT2D eigenvalue weighted by Crippen LogP contribution is -2.20. The second kappa shape index (κ2) is 6.35. The largest absolute Gasteiger partial charge is 0.384 e. The van der Waals surface area contributed by atoms with E-state index in [4.69, 9.17) is 11.6 Å². The first-order chi connectivity index (χ1) is 9.36. The topological polar surface area (TPSA) is 46.2 Å². The number of sulfone groups is 1. The molecule has 1 N–H and O–H groups in total. The summed E-state index contributed by atoms with van der Waals surface area (Å²) in [7, 11) is -3.19. The highest BCUT2D eigenvalue weighted by Crippen LogP contribution is 2.30. The zero-order chi connectivity index (χ0) is 14.8. The van der Waals surface area contributed by atoms with Gasteiger partial charge in [-0.3, -0.25) is 0 Å². The zero-order valence-corrected chi connectivity index (χ0v) is 13.6. The lowest BCUT2D eigenvalue weighted by molar-refractivity contribution is 0.300. The van der Waals surface area contributed by atoms with Crippen molar-refractivity contribution < 1.29 is 8.42 Å². The Morgan fingerprint density at radius 2 is 1.90 bits per heavy atom. The van der Waals surface area contributed by atoms with Crippen molar-refractivity contribution in [2.75, 3.05) is 18.1 Å². The van der Waals surface area contributed by atoms with Gasteiger partial charge in [0.15, 0.2) is 9.84 Å². The van der Waals surface area contributed by atoms with Gasteiger partial charge < -0.3 is 5.32 Å². The van der Waals surface area contributed by atoms with E-state index in [0.29, 0.717) is 21.5 Å². The van der Waals surface area contributed by atoms with Gasteiger partial charge in [0.1, 0.15) is 0 Å². The lowest BCUT2D eigenvalue weighted by atomic mass is 9.83. The van der Waals surface area contributed by atoms with Crippen LogP contribution in [0.15, 0.2) is 23.1 Å². The minimum atomic E-state index is -3.19. The van der Waals surface area contributed by atoms with Gasteiger partial charge in [-0.05, 0) is 42.9 Å². The van der Waals surface area contributed by atoms with Gasteiger partial charge in [-0.2, -0.15) is 0 Å². The molecule has 1 aromatic rings. The van der Waals surface area contributed by atoms with E-state index in [-0.39, 0.29) is 0 Å². The average Bonchev–Trinajstić information content (AvgIpc) is 2.38. The smallest absolute Gasteiger partial charge is 0.175 e. The molecular weight excluding hydrogens is 294 g/mol. The maximum absolute atomic E-state index is 11.6. The van der Waals surface area contributed by atoms with Gasteiger partial charge in [0.25, 0.3) is 0 Å². The van der Waals surface area contributed by atoms with E-state index in [0.717, 1.165) is 12.5 Å². The SMILES string of the molecule is CC1CCC(CNc2cc(S(C)(=O)=O)ccc2Cl)CC1. The second-order valence-electron chi connectivity index (χ2n) is 5.92. The summed E-state index contributed by atoms with van der Waals surface area (Å²) in [5.74, 6) is 1.49. The second-order valence-corrected chi connectivity index (χ2v) is 8.34. The van der Waals surface area contributed by atoms with Crippen LogP contribution in [0.2, 0.25) is 5.02 Å². The number of anilines is 1. The molecule has 1 aromatic carbocycles. The maximum atomic E-state index is 11.6. The molecule has 1 aliphatic rings. The Balaban J connectivity index is 2.02. The number of hydrogen-bond acceptors (Lipinski definition) is 3. The molecule has 1 saturated carbocycles. The summed E-state index contributed by atoms with van der Waals surface area (Å²) in [5, 5.41) is 3.88. The third-order valence-electron chi connectivity index (χ3n) is 4.08. The van der Waals surface area contributed by atoms with E-state index >= 15 is 0 Å². The molecule has 2 rings (SSSR count). The van der Waals surface area contributed by atoms with Crippen LogP contribution in [0.4, 0.5) is 5.69 Å². The number of rotatable bonds is 4. The Morgan fingerprint density at radius 3 is 2.50 bits per heavy atom. The standard InChI is InChI=1S/C15H22ClNO2S/c1-11-3-5-12(6-4-11)10-17-15-9-13(20(2,18)19)7-8-14(15)16/h7-9,11-12,17H,3-6,10H2,1-2H3. The van der Waals surface area contributed by atoms with E-state index in [1.165, 1.54) is 31.9 Å². The summed E-state index contributed by atoms with van der Waals surface area (Å²) in [5.41, 5.74) is 0.716. The van der Waals surface area contributed by atoms with E-state index in [1.807, 2.05) is 0 Å². The molecule has 0 amide bonds. The monoisotopic (exact) mass is 315 g/mol. The van der Waals surface area contributed by atoms with Gasteiger partial charge in [-0.15, -0.1) is 0 Å². The third-order valence-corrected chi connectivity index (χ3v) is 5.52. The number of hydrogen-bond donors (Lipinski definition) is 1. The summed E-state index contributed by atoms with van der Waals surface area (Å²) in [6.07, 6.45) is 6.24. The quantitative estimate of drug-likeness (QED) is 0.914. The Labute approximate surface area is 126 Å². The van der Waals surface area contributed by atoms with Crippen LogP contribution in [0, 0.1) is 11.8 Å². The molecule has 1 aliphatic carbocycles. The van der Waals surface area contributed by atoms with Crippen molar-refractivity contribution in [3.63, 3.8) is 0 Å². The molecule has 5 heteroatoms. The molecule has 0 spiro atoms. The van der Waals surface area contributed by atoms with Gasteiger partial charge in [-0.25, -0.2) is 8.42 Å². The minimum Gasteiger partial charge on any atom is -0.384 e. The molecule has 0 aromatic heterocycles. The van der Waals surface area contributed by atoms with Crippen LogP contribution in [-0.4, -0.2) is 21.2 Å². The third kappa shape index (κ3) is 4.13. The first-order valence-corrected chi connectivity index (χ1v) is 9.36. The summed E-state index contributed by atoms with van der Waals surface area (Å²) < 4.78 is 23.1. The van der Waals surface area contributed by atoms with Crippen molar-refractivity contribution in [2.24, 2.45) is 11.8 Å². The van der Waals surface area contributed by atoms with Crippen molar-refractivity contribution in [1.29, 1.82) is 0 Å². The predicted molar refractivity (Wildman–Crippen MR) is 84.2 cm³/mol. The zero-order valence-electron chi connectivity index (χ0n) is 12.0. The highest BCUT2D eigenvalue weighted by molar-refractivity contribution is 7.90. The molecule has 0 unspecified atom stereocenters. The highest BCUT2D eigenvalue weighted by atomic mass is 35.5. The first-order valence-electron chi connectivity index (χ1n) is 7.09. The van der Waals surface area contributed by atoms with E-state index in [9.17, 15) is 8.42 Å². The maximum Gasteiger partial charge on any atom is 0.175 e. The molecule has 1 fully saturated rings. The molecule has 112 valence electrons. The van der Waals surface area contributed by atoms with E-state index < -0.39 is 9.84 Å². The summed E-state index contributed by atoms with van der Waals surface area (Å²) >= 11 is 6.13. The predicted octanol–water partition coefficient (Wildman–Crippen LogP) is 3.98. The Hall–Kier alpha value is -0.740. The lowest BCUT2D eigenvalue weighted by Gasteiger charge is -2.26. The fourth-order valence-corrected chi connectivity index (χ4v) is 3.49. The van der Waals surface area contributed by atoms with Crippen LogP contribution in [0.5, 0.6) is 0 Å². The van der Waals surface area contributed by atoms with Crippen molar-refractivity contribution in [2.45, 2.75) is 37.5 Å². The fraction of sp³-hybridized carbons (Fsp3) is 0.600. The highest BCUT2D eigenvalue weighted by Gasteiger charge is 2.18. The Morgan fingerprint density at radius 1 is 1.25 bits per heavy atom. The van der Waals surface area contributed by atoms with Gasteiger partial charge in [0.2, 0.25) is 0 Å². The average molecular weight is 316 g/mol. The van der Waals surface area contributed by atoms with Crippen LogP contribution in [0.25, 0.3) is 0 Å². The van der Waals surface area contributed by atoms with Crippen LogP contribution in [0.1, 0.15) is 32.6 Å². The fourth-order valence-electron chi connectivity index (χ4n) is 2.66. The molecule has 0 bridgehead atoms. The minimum absolute atomic E-state index is 0.307. The molecule has 0 saturated heterocycles. The van der Waals surface area contributed by atoms with Gasteiger partial charge >= 0.3 is 0 Å². The van der Waals surface area contributed by atoms with Crippen molar-refractivity contribution in [3.8, 4) is 0 Å². The molecular formula is C15H22ClNO2S. The summed E-state index contributed by atoms with van der Waals surface area (Å²) in [4.78, 5) is 0.307. The molecule has 0 atom stereocenters. The first kappa shape index (κ1) is 15.6. The molecule has 0 aliphatic heterocycles. The van der Waals surface area contributed by atoms with Crippen LogP contribution in [0.3, 0.4) is 0 Å². The molecule has 0 heterocycles. The summed E-state index contributed by atoms with van der Waals surface area (Å²) in [6, 6.07) is 4.82. The van der Waals surface area contributed by atoms with Gasteiger partial charge in [0.05, 0.1) is 15.6 Å². The van der Waals surface area contributed by atoms with E-state index in [1.54, 1.807) is 18.2 Å². The Kier molecular flexibility index (Phi) is 4.97. The molecule has 0 radical (unpaired) electrons. The Bertz CT molecular complexity index is 563. The number of benzene rings is 1. The van der Waals surface area contributed by atoms with Crippen LogP contribution in [-0.2, 0) is 9.84 Å². The molecule has 3 nitrogen and oxygen atoms in total. The normalized spacial score (nSPS) is 23.6. The van der Waals surface area contributed by atoms with Gasteiger partial charge in [0, 0.05) is 12.8 Å². The van der Waals surface area contributed by atoms with Crippen LogP contribution >= 0.6 is 11.6 Å². The van der Waals surface area contributed by atoms with E-state index in [2.05, 4.69) is 12.2 Å². The molecule has 20 heavy (non-hydrogen) atoms. The van der Waals surface area contributed by atoms with Crippen LogP contribution < -0.4 is 5.32 Å².